The van der Waals surface area contributed by atoms with Gasteiger partial charge in [0.1, 0.15) is 14.1 Å². The van der Waals surface area contributed by atoms with E-state index in [1.165, 1.54) is 0 Å². The largest absolute Gasteiger partial charge is 0.365 e. The first-order valence-electron chi connectivity index (χ1n) is 1.75. The minimum atomic E-state index is 1.06. The standard InChI is InChI=1S/C3H4BNO/c4-3-1-5-6-2-3/h1-2H,4H2. The predicted molar refractivity (Wildman–Crippen MR) is 24.7 cm³/mol. The molecule has 0 spiro atoms. The number of aromatic nitrogens is 1. The molecule has 3 heteroatoms. The molecular weight excluding hydrogens is 76.9 g/mol. The Balaban J connectivity index is 3.05. The summed E-state index contributed by atoms with van der Waals surface area (Å²) in [6.07, 6.45) is 3.26. The van der Waals surface area contributed by atoms with E-state index in [2.05, 4.69) is 9.68 Å². The Labute approximate surface area is 36.5 Å². The van der Waals surface area contributed by atoms with Crippen molar-refractivity contribution in [3.8, 4) is 0 Å². The van der Waals surface area contributed by atoms with Crippen LogP contribution in [0.2, 0.25) is 0 Å². The first-order valence-corrected chi connectivity index (χ1v) is 1.75. The Hall–Kier alpha value is -0.725. The van der Waals surface area contributed by atoms with E-state index in [0.29, 0.717) is 0 Å². The van der Waals surface area contributed by atoms with Gasteiger partial charge < -0.3 is 4.52 Å². The van der Waals surface area contributed by atoms with Crippen LogP contribution < -0.4 is 5.46 Å². The molecular formula is C3H4BNO. The lowest BCUT2D eigenvalue weighted by Crippen LogP contribution is -1.92. The fraction of sp³-hybridized carbons (Fsp3) is 0. The maximum absolute atomic E-state index is 4.46. The average molecular weight is 80.9 g/mol. The van der Waals surface area contributed by atoms with Crippen molar-refractivity contribution >= 4 is 13.3 Å². The summed E-state index contributed by atoms with van der Waals surface area (Å²) in [7, 11) is 1.93. The van der Waals surface area contributed by atoms with Crippen molar-refractivity contribution < 1.29 is 4.52 Å². The molecule has 6 heavy (non-hydrogen) atoms. The van der Waals surface area contributed by atoms with Gasteiger partial charge in [-0.05, 0) is 5.46 Å². The van der Waals surface area contributed by atoms with Gasteiger partial charge in [0.25, 0.3) is 0 Å². The fourth-order valence-electron chi connectivity index (χ4n) is 0.258. The zero-order valence-corrected chi connectivity index (χ0v) is 3.51. The van der Waals surface area contributed by atoms with Gasteiger partial charge in [-0.1, -0.05) is 5.16 Å². The molecule has 2 nitrogen and oxygen atoms in total. The quantitative estimate of drug-likeness (QED) is 0.372. The lowest BCUT2D eigenvalue weighted by Gasteiger charge is -1.59. The SMILES string of the molecule is Bc1cnoc1. The molecule has 0 unspecified atom stereocenters. The maximum atomic E-state index is 4.46. The molecule has 0 saturated heterocycles. The van der Waals surface area contributed by atoms with E-state index < -0.39 is 0 Å². The van der Waals surface area contributed by atoms with Crippen LogP contribution >= 0.6 is 0 Å². The normalized spacial score (nSPS) is 8.67. The molecule has 0 radical (unpaired) electrons. The molecule has 0 saturated carbocycles. The van der Waals surface area contributed by atoms with Crippen molar-refractivity contribution in [2.75, 3.05) is 0 Å². The van der Waals surface area contributed by atoms with E-state index >= 15 is 0 Å². The van der Waals surface area contributed by atoms with Gasteiger partial charge in [-0.3, -0.25) is 0 Å². The van der Waals surface area contributed by atoms with Gasteiger partial charge in [0, 0.05) is 0 Å². The molecule has 0 aliphatic carbocycles. The smallest absolute Gasteiger partial charge is 0.145 e. The molecule has 1 aromatic rings. The molecule has 0 aliphatic rings. The molecule has 30 valence electrons. The van der Waals surface area contributed by atoms with Crippen LogP contribution in [0.25, 0.3) is 0 Å². The van der Waals surface area contributed by atoms with Crippen LogP contribution in [-0.2, 0) is 0 Å². The first kappa shape index (κ1) is 3.46. The topological polar surface area (TPSA) is 26.0 Å². The highest BCUT2D eigenvalue weighted by Crippen LogP contribution is 1.67. The van der Waals surface area contributed by atoms with Crippen LogP contribution in [0.3, 0.4) is 0 Å². The van der Waals surface area contributed by atoms with Gasteiger partial charge >= 0.3 is 0 Å². The second-order valence-electron chi connectivity index (χ2n) is 1.20. The highest BCUT2D eigenvalue weighted by atomic mass is 16.5. The molecule has 0 N–H and O–H groups in total. The molecule has 1 aromatic heterocycles. The number of hydrogen-bond donors (Lipinski definition) is 0. The van der Waals surface area contributed by atoms with Gasteiger partial charge in [-0.15, -0.1) is 0 Å². The van der Waals surface area contributed by atoms with Crippen LogP contribution in [0.15, 0.2) is 17.0 Å². The molecule has 0 aromatic carbocycles. The van der Waals surface area contributed by atoms with Gasteiger partial charge in [0.2, 0.25) is 0 Å². The lowest BCUT2D eigenvalue weighted by molar-refractivity contribution is 0.420. The van der Waals surface area contributed by atoms with Crippen molar-refractivity contribution in [3.63, 3.8) is 0 Å². The molecule has 0 atom stereocenters. The third kappa shape index (κ3) is 0.430. The van der Waals surface area contributed by atoms with E-state index in [1.807, 2.05) is 7.85 Å². The van der Waals surface area contributed by atoms with Crippen LogP contribution in [-0.4, -0.2) is 13.0 Å². The van der Waals surface area contributed by atoms with E-state index in [0.717, 1.165) is 5.46 Å². The summed E-state index contributed by atoms with van der Waals surface area (Å²) in [6.45, 7) is 0. The second-order valence-corrected chi connectivity index (χ2v) is 1.20. The Kier molecular flexibility index (Phi) is 0.672. The highest BCUT2D eigenvalue weighted by molar-refractivity contribution is 6.31. The Bertz CT molecular complexity index is 114. The molecule has 1 heterocycles. The monoisotopic (exact) mass is 81.0 g/mol. The highest BCUT2D eigenvalue weighted by Gasteiger charge is 1.78. The summed E-state index contributed by atoms with van der Waals surface area (Å²) < 4.78 is 4.46. The average Bonchev–Trinajstić information content (AvgIpc) is 1.86. The Morgan fingerprint density at radius 2 is 2.67 bits per heavy atom. The summed E-state index contributed by atoms with van der Waals surface area (Å²) in [4.78, 5) is 0. The zero-order chi connectivity index (χ0) is 4.41. The number of hydrogen-bond acceptors (Lipinski definition) is 2. The number of rotatable bonds is 0. The minimum Gasteiger partial charge on any atom is -0.365 e. The van der Waals surface area contributed by atoms with Gasteiger partial charge in [0.15, 0.2) is 0 Å². The zero-order valence-electron chi connectivity index (χ0n) is 3.51. The first-order chi connectivity index (χ1) is 2.89. The van der Waals surface area contributed by atoms with Gasteiger partial charge in [-0.25, -0.2) is 0 Å². The third-order valence-electron chi connectivity index (χ3n) is 0.556. The number of nitrogens with zero attached hydrogens (tertiary/aromatic N) is 1. The molecule has 0 aliphatic heterocycles. The molecule has 0 bridgehead atoms. The Morgan fingerprint density at radius 3 is 2.83 bits per heavy atom. The summed E-state index contributed by atoms with van der Waals surface area (Å²) in [5.74, 6) is 0. The van der Waals surface area contributed by atoms with Crippen molar-refractivity contribution in [1.29, 1.82) is 0 Å². The lowest BCUT2D eigenvalue weighted by atomic mass is 10.0. The third-order valence-corrected chi connectivity index (χ3v) is 0.556. The fourth-order valence-corrected chi connectivity index (χ4v) is 0.258. The van der Waals surface area contributed by atoms with Crippen molar-refractivity contribution in [2.45, 2.75) is 0 Å². The van der Waals surface area contributed by atoms with Crippen molar-refractivity contribution in [2.24, 2.45) is 0 Å². The Morgan fingerprint density at radius 1 is 1.83 bits per heavy atom. The van der Waals surface area contributed by atoms with Crippen molar-refractivity contribution in [1.82, 2.24) is 5.16 Å². The van der Waals surface area contributed by atoms with E-state index in [-0.39, 0.29) is 0 Å². The minimum absolute atomic E-state index is 1.06. The van der Waals surface area contributed by atoms with Crippen LogP contribution in [0.4, 0.5) is 0 Å². The van der Waals surface area contributed by atoms with Gasteiger partial charge in [-0.2, -0.15) is 0 Å². The summed E-state index contributed by atoms with van der Waals surface area (Å²) in [5, 5.41) is 3.45. The van der Waals surface area contributed by atoms with Crippen LogP contribution in [0.5, 0.6) is 0 Å². The maximum Gasteiger partial charge on any atom is 0.145 e. The van der Waals surface area contributed by atoms with E-state index in [4.69, 9.17) is 0 Å². The van der Waals surface area contributed by atoms with Crippen molar-refractivity contribution in [3.05, 3.63) is 12.5 Å². The summed E-state index contributed by atoms with van der Waals surface area (Å²) in [6, 6.07) is 0. The van der Waals surface area contributed by atoms with Crippen LogP contribution in [0, 0.1) is 0 Å². The van der Waals surface area contributed by atoms with E-state index in [1.54, 1.807) is 12.5 Å². The summed E-state index contributed by atoms with van der Waals surface area (Å²) >= 11 is 0. The molecule has 0 amide bonds. The second kappa shape index (κ2) is 1.16. The van der Waals surface area contributed by atoms with Gasteiger partial charge in [0.05, 0.1) is 6.20 Å². The molecule has 1 rings (SSSR count). The van der Waals surface area contributed by atoms with E-state index in [9.17, 15) is 0 Å². The summed E-state index contributed by atoms with van der Waals surface area (Å²) in [5.41, 5.74) is 1.06. The predicted octanol–water partition coefficient (Wildman–Crippen LogP) is -1.07. The van der Waals surface area contributed by atoms with Crippen LogP contribution in [0.1, 0.15) is 0 Å². The molecule has 0 fully saturated rings.